The van der Waals surface area contributed by atoms with Crippen LogP contribution in [0.15, 0.2) is 64.4 Å². The van der Waals surface area contributed by atoms with E-state index in [0.717, 1.165) is 12.7 Å². The second-order valence-corrected chi connectivity index (χ2v) is 8.76. The number of aromatic nitrogens is 2. The Morgan fingerprint density at radius 3 is 2.14 bits per heavy atom. The van der Waals surface area contributed by atoms with Crippen molar-refractivity contribution in [3.05, 3.63) is 70.9 Å². The maximum absolute atomic E-state index is 13.4. The van der Waals surface area contributed by atoms with Gasteiger partial charge in [0, 0.05) is 11.8 Å². The van der Waals surface area contributed by atoms with Gasteiger partial charge in [0.1, 0.15) is 5.82 Å². The van der Waals surface area contributed by atoms with E-state index in [1.165, 1.54) is 28.9 Å². The molecule has 7 heteroatoms. The number of rotatable bonds is 5. The first-order valence-electron chi connectivity index (χ1n) is 8.90. The summed E-state index contributed by atoms with van der Waals surface area (Å²) in [6, 6.07) is 11.9. The summed E-state index contributed by atoms with van der Waals surface area (Å²) in [6.07, 6.45) is 3.47. The van der Waals surface area contributed by atoms with E-state index in [9.17, 15) is 17.6 Å². The molecule has 0 radical (unpaired) electrons. The first kappa shape index (κ1) is 19.9. The molecule has 0 saturated carbocycles. The van der Waals surface area contributed by atoms with Gasteiger partial charge < -0.3 is 0 Å². The molecule has 0 bridgehead atoms. The molecule has 0 N–H and O–H groups in total. The Kier molecular flexibility index (Phi) is 5.47. The molecule has 0 aliphatic carbocycles. The van der Waals surface area contributed by atoms with E-state index in [1.807, 2.05) is 13.8 Å². The predicted molar refractivity (Wildman–Crippen MR) is 107 cm³/mol. The summed E-state index contributed by atoms with van der Waals surface area (Å²) in [5.74, 6) is -0.390. The molecule has 0 aliphatic rings. The van der Waals surface area contributed by atoms with Crippen LogP contribution in [0.5, 0.6) is 0 Å². The SMILES string of the molecule is CCC(C)n1ncc(-c2ccc(S(C)(=O)=O)cc2)c(-c2ccc(F)cc2)c1=O. The highest BCUT2D eigenvalue weighted by Crippen LogP contribution is 2.30. The molecular formula is C21H21FN2O3S. The Bertz CT molecular complexity index is 1150. The Balaban J connectivity index is 2.25. The first-order chi connectivity index (χ1) is 13.2. The maximum atomic E-state index is 13.4. The van der Waals surface area contributed by atoms with Crippen molar-refractivity contribution >= 4 is 9.84 Å². The zero-order valence-electron chi connectivity index (χ0n) is 15.9. The fourth-order valence-electron chi connectivity index (χ4n) is 2.95. The second-order valence-electron chi connectivity index (χ2n) is 6.74. The third-order valence-electron chi connectivity index (χ3n) is 4.74. The lowest BCUT2D eigenvalue weighted by molar-refractivity contribution is 0.455. The van der Waals surface area contributed by atoms with Gasteiger partial charge in [0.25, 0.3) is 5.56 Å². The van der Waals surface area contributed by atoms with Crippen molar-refractivity contribution in [3.63, 3.8) is 0 Å². The number of hydrogen-bond acceptors (Lipinski definition) is 4. The highest BCUT2D eigenvalue weighted by atomic mass is 32.2. The average Bonchev–Trinajstić information content (AvgIpc) is 2.67. The zero-order valence-corrected chi connectivity index (χ0v) is 16.7. The molecule has 1 aromatic heterocycles. The van der Waals surface area contributed by atoms with Crippen molar-refractivity contribution in [2.75, 3.05) is 6.26 Å². The van der Waals surface area contributed by atoms with Crippen LogP contribution in [0.25, 0.3) is 22.3 Å². The predicted octanol–water partition coefficient (Wildman–Crippen LogP) is 4.09. The van der Waals surface area contributed by atoms with Crippen LogP contribution < -0.4 is 5.56 Å². The van der Waals surface area contributed by atoms with Crippen molar-refractivity contribution in [1.82, 2.24) is 9.78 Å². The number of sulfone groups is 1. The highest BCUT2D eigenvalue weighted by Gasteiger charge is 2.18. The molecular weight excluding hydrogens is 379 g/mol. The molecule has 28 heavy (non-hydrogen) atoms. The summed E-state index contributed by atoms with van der Waals surface area (Å²) < 4.78 is 38.2. The van der Waals surface area contributed by atoms with E-state index < -0.39 is 9.84 Å². The minimum atomic E-state index is -3.32. The van der Waals surface area contributed by atoms with E-state index in [2.05, 4.69) is 5.10 Å². The van der Waals surface area contributed by atoms with Gasteiger partial charge in [-0.05, 0) is 48.7 Å². The Morgan fingerprint density at radius 2 is 1.61 bits per heavy atom. The van der Waals surface area contributed by atoms with Gasteiger partial charge in [-0.25, -0.2) is 17.5 Å². The lowest BCUT2D eigenvalue weighted by atomic mass is 9.97. The van der Waals surface area contributed by atoms with Gasteiger partial charge in [-0.2, -0.15) is 5.10 Å². The van der Waals surface area contributed by atoms with Crippen LogP contribution in [0.1, 0.15) is 26.3 Å². The van der Waals surface area contributed by atoms with Gasteiger partial charge in [0.2, 0.25) is 0 Å². The van der Waals surface area contributed by atoms with Crippen LogP contribution in [-0.4, -0.2) is 24.5 Å². The number of nitrogens with zero attached hydrogens (tertiary/aromatic N) is 2. The van der Waals surface area contributed by atoms with Gasteiger partial charge in [-0.15, -0.1) is 0 Å². The molecule has 5 nitrogen and oxygen atoms in total. The van der Waals surface area contributed by atoms with E-state index in [4.69, 9.17) is 0 Å². The van der Waals surface area contributed by atoms with E-state index in [0.29, 0.717) is 22.3 Å². The van der Waals surface area contributed by atoms with Crippen LogP contribution in [0, 0.1) is 5.82 Å². The molecule has 0 aliphatic heterocycles. The average molecular weight is 400 g/mol. The van der Waals surface area contributed by atoms with E-state index in [-0.39, 0.29) is 22.3 Å². The molecule has 1 atom stereocenters. The molecule has 0 saturated heterocycles. The molecule has 1 heterocycles. The summed E-state index contributed by atoms with van der Waals surface area (Å²) >= 11 is 0. The van der Waals surface area contributed by atoms with Crippen molar-refractivity contribution in [1.29, 1.82) is 0 Å². The molecule has 146 valence electrons. The van der Waals surface area contributed by atoms with Crippen LogP contribution in [0.2, 0.25) is 0 Å². The molecule has 1 unspecified atom stereocenters. The number of benzene rings is 2. The normalized spacial score (nSPS) is 12.7. The lowest BCUT2D eigenvalue weighted by Crippen LogP contribution is -2.27. The van der Waals surface area contributed by atoms with Crippen molar-refractivity contribution in [3.8, 4) is 22.3 Å². The van der Waals surface area contributed by atoms with Gasteiger partial charge in [0.05, 0.1) is 22.7 Å². The maximum Gasteiger partial charge on any atom is 0.275 e. The van der Waals surface area contributed by atoms with Crippen LogP contribution in [-0.2, 0) is 9.84 Å². The fraction of sp³-hybridized carbons (Fsp3) is 0.238. The largest absolute Gasteiger partial charge is 0.275 e. The number of hydrogen-bond donors (Lipinski definition) is 0. The third-order valence-corrected chi connectivity index (χ3v) is 5.87. The van der Waals surface area contributed by atoms with E-state index in [1.54, 1.807) is 30.5 Å². The van der Waals surface area contributed by atoms with Crippen LogP contribution >= 0.6 is 0 Å². The summed E-state index contributed by atoms with van der Waals surface area (Å²) in [5.41, 5.74) is 1.94. The Hall–Kier alpha value is -2.80. The monoisotopic (exact) mass is 400 g/mol. The Morgan fingerprint density at radius 1 is 1.04 bits per heavy atom. The molecule has 2 aromatic carbocycles. The number of halogens is 1. The minimum Gasteiger partial charge on any atom is -0.267 e. The standard InChI is InChI=1S/C21H21FN2O3S/c1-4-14(2)24-21(25)20(16-5-9-17(22)10-6-16)19(13-23-24)15-7-11-18(12-8-15)28(3,26)27/h5-14H,4H2,1-3H3. The minimum absolute atomic E-state index is 0.0895. The quantitative estimate of drug-likeness (QED) is 0.647. The van der Waals surface area contributed by atoms with E-state index >= 15 is 0 Å². The molecule has 0 amide bonds. The molecule has 0 spiro atoms. The van der Waals surface area contributed by atoms with Crippen molar-refractivity contribution in [2.45, 2.75) is 31.2 Å². The Labute approximate surface area is 163 Å². The second kappa shape index (κ2) is 7.67. The topological polar surface area (TPSA) is 69.0 Å². The smallest absolute Gasteiger partial charge is 0.267 e. The van der Waals surface area contributed by atoms with Crippen molar-refractivity contribution in [2.24, 2.45) is 0 Å². The summed E-state index contributed by atoms with van der Waals surface area (Å²) in [4.78, 5) is 13.4. The van der Waals surface area contributed by atoms with Gasteiger partial charge in [-0.1, -0.05) is 31.2 Å². The van der Waals surface area contributed by atoms with Gasteiger partial charge in [-0.3, -0.25) is 4.79 Å². The van der Waals surface area contributed by atoms with Crippen LogP contribution in [0.4, 0.5) is 4.39 Å². The summed E-state index contributed by atoms with van der Waals surface area (Å²) in [5, 5.41) is 4.31. The third kappa shape index (κ3) is 3.89. The summed E-state index contributed by atoms with van der Waals surface area (Å²) in [7, 11) is -3.32. The zero-order chi connectivity index (χ0) is 20.5. The first-order valence-corrected chi connectivity index (χ1v) is 10.8. The van der Waals surface area contributed by atoms with Gasteiger partial charge in [0.15, 0.2) is 9.84 Å². The summed E-state index contributed by atoms with van der Waals surface area (Å²) in [6.45, 7) is 3.87. The molecule has 0 fully saturated rings. The van der Waals surface area contributed by atoms with Gasteiger partial charge >= 0.3 is 0 Å². The molecule has 3 rings (SSSR count). The van der Waals surface area contributed by atoms with Crippen molar-refractivity contribution < 1.29 is 12.8 Å². The van der Waals surface area contributed by atoms with Crippen LogP contribution in [0.3, 0.4) is 0 Å². The lowest BCUT2D eigenvalue weighted by Gasteiger charge is -2.16. The highest BCUT2D eigenvalue weighted by molar-refractivity contribution is 7.90. The fourth-order valence-corrected chi connectivity index (χ4v) is 3.58. The molecule has 3 aromatic rings.